The summed E-state index contributed by atoms with van der Waals surface area (Å²) in [6, 6.07) is 10.6. The molecule has 0 aliphatic carbocycles. The van der Waals surface area contributed by atoms with Crippen LogP contribution in [0.4, 0.5) is 0 Å². The van der Waals surface area contributed by atoms with Gasteiger partial charge in [-0.05, 0) is 37.8 Å². The number of benzene rings is 1. The second kappa shape index (κ2) is 6.58. The smallest absolute Gasteiger partial charge is 0.239 e. The molecule has 3 rings (SSSR count). The zero-order valence-electron chi connectivity index (χ0n) is 12.6. The fourth-order valence-electron chi connectivity index (χ4n) is 3.53. The van der Waals surface area contributed by atoms with Crippen LogP contribution in [-0.2, 0) is 11.3 Å². The Labute approximate surface area is 126 Å². The second-order valence-corrected chi connectivity index (χ2v) is 6.30. The Kier molecular flexibility index (Phi) is 4.56. The lowest BCUT2D eigenvalue weighted by Gasteiger charge is -2.35. The first-order valence-electron chi connectivity index (χ1n) is 8.06. The second-order valence-electron chi connectivity index (χ2n) is 6.30. The number of hydrogen-bond acceptors (Lipinski definition) is 3. The molecule has 2 atom stereocenters. The van der Waals surface area contributed by atoms with Crippen molar-refractivity contribution in [1.29, 1.82) is 0 Å². The molecule has 4 heteroatoms. The van der Waals surface area contributed by atoms with Gasteiger partial charge in [0.25, 0.3) is 0 Å². The van der Waals surface area contributed by atoms with Crippen LogP contribution in [0, 0.1) is 0 Å². The van der Waals surface area contributed by atoms with E-state index in [0.29, 0.717) is 5.91 Å². The van der Waals surface area contributed by atoms with Crippen LogP contribution >= 0.6 is 0 Å². The first kappa shape index (κ1) is 14.5. The zero-order chi connectivity index (χ0) is 14.7. The molecule has 2 N–H and O–H groups in total. The van der Waals surface area contributed by atoms with Crippen LogP contribution in [-0.4, -0.2) is 47.4 Å². The Morgan fingerprint density at radius 3 is 2.67 bits per heavy atom. The highest BCUT2D eigenvalue weighted by Gasteiger charge is 2.34. The maximum absolute atomic E-state index is 12.8. The highest BCUT2D eigenvalue weighted by Crippen LogP contribution is 2.23. The number of rotatable bonds is 3. The number of hydrogen-bond donors (Lipinski definition) is 1. The topological polar surface area (TPSA) is 49.6 Å². The molecule has 2 aliphatic heterocycles. The Morgan fingerprint density at radius 1 is 1.14 bits per heavy atom. The number of likely N-dealkylation sites (tertiary alicyclic amines) is 2. The van der Waals surface area contributed by atoms with Gasteiger partial charge in [0.2, 0.25) is 5.91 Å². The summed E-state index contributed by atoms with van der Waals surface area (Å²) in [6.07, 6.45) is 4.18. The van der Waals surface area contributed by atoms with E-state index in [9.17, 15) is 4.79 Å². The molecule has 0 radical (unpaired) electrons. The van der Waals surface area contributed by atoms with E-state index in [-0.39, 0.29) is 12.1 Å². The third-order valence-electron chi connectivity index (χ3n) is 4.65. The van der Waals surface area contributed by atoms with Gasteiger partial charge in [0.15, 0.2) is 0 Å². The Morgan fingerprint density at radius 2 is 1.90 bits per heavy atom. The summed E-state index contributed by atoms with van der Waals surface area (Å²) >= 11 is 0. The highest BCUT2D eigenvalue weighted by atomic mass is 16.2. The lowest BCUT2D eigenvalue weighted by Crippen LogP contribution is -2.51. The lowest BCUT2D eigenvalue weighted by molar-refractivity contribution is -0.137. The summed E-state index contributed by atoms with van der Waals surface area (Å²) in [5.41, 5.74) is 7.30. The number of amides is 1. The minimum absolute atomic E-state index is 0.0514. The molecule has 2 aliphatic rings. The molecule has 0 spiro atoms. The van der Waals surface area contributed by atoms with E-state index in [1.807, 2.05) is 11.0 Å². The van der Waals surface area contributed by atoms with Crippen LogP contribution < -0.4 is 5.73 Å². The van der Waals surface area contributed by atoms with Crippen molar-refractivity contribution in [3.8, 4) is 0 Å². The van der Waals surface area contributed by atoms with Crippen LogP contribution in [0.25, 0.3) is 0 Å². The van der Waals surface area contributed by atoms with Crippen molar-refractivity contribution in [1.82, 2.24) is 9.80 Å². The molecule has 1 aromatic carbocycles. The Bertz CT molecular complexity index is 476. The number of piperidine rings is 1. The van der Waals surface area contributed by atoms with Gasteiger partial charge in [0.05, 0.1) is 6.04 Å². The normalized spacial score (nSPS) is 27.0. The molecule has 0 saturated carbocycles. The van der Waals surface area contributed by atoms with Crippen molar-refractivity contribution < 1.29 is 4.79 Å². The van der Waals surface area contributed by atoms with Gasteiger partial charge in [-0.2, -0.15) is 0 Å². The molecule has 0 aromatic heterocycles. The molecule has 2 saturated heterocycles. The molecule has 2 fully saturated rings. The standard InChI is InChI=1S/C17H25N3O/c18-15-8-4-11-20(13-15)17(21)16-9-5-10-19(16)12-14-6-2-1-3-7-14/h1-3,6-7,15-16H,4-5,8-13,18H2/t15-,16+/m0/s1. The Balaban J connectivity index is 1.64. The van der Waals surface area contributed by atoms with Crippen LogP contribution in [0.15, 0.2) is 30.3 Å². The molecule has 1 aromatic rings. The zero-order valence-corrected chi connectivity index (χ0v) is 12.6. The lowest BCUT2D eigenvalue weighted by atomic mass is 10.0. The number of carbonyl (C=O) groups is 1. The van der Waals surface area contributed by atoms with E-state index in [0.717, 1.165) is 51.9 Å². The SMILES string of the molecule is N[C@H]1CCCN(C(=O)[C@H]2CCCN2Cc2ccccc2)C1. The fraction of sp³-hybridized carbons (Fsp3) is 0.588. The van der Waals surface area contributed by atoms with E-state index < -0.39 is 0 Å². The van der Waals surface area contributed by atoms with Gasteiger partial charge in [-0.15, -0.1) is 0 Å². The summed E-state index contributed by atoms with van der Waals surface area (Å²) in [7, 11) is 0. The first-order chi connectivity index (χ1) is 10.2. The highest BCUT2D eigenvalue weighted by molar-refractivity contribution is 5.82. The fourth-order valence-corrected chi connectivity index (χ4v) is 3.53. The summed E-state index contributed by atoms with van der Waals surface area (Å²) in [5.74, 6) is 0.290. The third kappa shape index (κ3) is 3.44. The molecule has 114 valence electrons. The molecule has 0 unspecified atom stereocenters. The molecule has 4 nitrogen and oxygen atoms in total. The Hall–Kier alpha value is -1.39. The van der Waals surface area contributed by atoms with Gasteiger partial charge < -0.3 is 10.6 Å². The summed E-state index contributed by atoms with van der Waals surface area (Å²) in [4.78, 5) is 17.1. The predicted molar refractivity (Wildman–Crippen MR) is 83.7 cm³/mol. The van der Waals surface area contributed by atoms with Gasteiger partial charge in [-0.25, -0.2) is 0 Å². The average Bonchev–Trinajstić information content (AvgIpc) is 2.95. The van der Waals surface area contributed by atoms with E-state index in [4.69, 9.17) is 5.73 Å². The van der Waals surface area contributed by atoms with Crippen molar-refractivity contribution in [2.24, 2.45) is 5.73 Å². The quantitative estimate of drug-likeness (QED) is 0.918. The molecule has 1 amide bonds. The monoisotopic (exact) mass is 287 g/mol. The van der Waals surface area contributed by atoms with Crippen molar-refractivity contribution in [2.45, 2.75) is 44.3 Å². The number of nitrogens with zero attached hydrogens (tertiary/aromatic N) is 2. The third-order valence-corrected chi connectivity index (χ3v) is 4.65. The minimum Gasteiger partial charge on any atom is -0.340 e. The summed E-state index contributed by atoms with van der Waals surface area (Å²) in [5, 5.41) is 0. The maximum atomic E-state index is 12.8. The van der Waals surface area contributed by atoms with E-state index >= 15 is 0 Å². The van der Waals surface area contributed by atoms with Gasteiger partial charge in [-0.3, -0.25) is 9.69 Å². The first-order valence-corrected chi connectivity index (χ1v) is 8.06. The maximum Gasteiger partial charge on any atom is 0.239 e. The molecule has 21 heavy (non-hydrogen) atoms. The molecular weight excluding hydrogens is 262 g/mol. The van der Waals surface area contributed by atoms with Gasteiger partial charge in [-0.1, -0.05) is 30.3 Å². The molecule has 0 bridgehead atoms. The van der Waals surface area contributed by atoms with E-state index in [2.05, 4.69) is 29.2 Å². The van der Waals surface area contributed by atoms with Gasteiger partial charge >= 0.3 is 0 Å². The van der Waals surface area contributed by atoms with Crippen molar-refractivity contribution in [3.05, 3.63) is 35.9 Å². The van der Waals surface area contributed by atoms with Crippen LogP contribution in [0.3, 0.4) is 0 Å². The van der Waals surface area contributed by atoms with Gasteiger partial charge in [0.1, 0.15) is 0 Å². The number of carbonyl (C=O) groups excluding carboxylic acids is 1. The van der Waals surface area contributed by atoms with Crippen LogP contribution in [0.1, 0.15) is 31.2 Å². The van der Waals surface area contributed by atoms with Crippen molar-refractivity contribution in [2.75, 3.05) is 19.6 Å². The predicted octanol–water partition coefficient (Wildman–Crippen LogP) is 1.60. The van der Waals surface area contributed by atoms with Crippen molar-refractivity contribution in [3.63, 3.8) is 0 Å². The van der Waals surface area contributed by atoms with Crippen LogP contribution in [0.2, 0.25) is 0 Å². The van der Waals surface area contributed by atoms with Gasteiger partial charge in [0, 0.05) is 25.7 Å². The number of nitrogens with two attached hydrogens (primary N) is 1. The molecular formula is C17H25N3O. The van der Waals surface area contributed by atoms with E-state index in [1.165, 1.54) is 5.56 Å². The van der Waals surface area contributed by atoms with E-state index in [1.54, 1.807) is 0 Å². The molecule has 2 heterocycles. The summed E-state index contributed by atoms with van der Waals surface area (Å²) < 4.78 is 0. The summed E-state index contributed by atoms with van der Waals surface area (Å²) in [6.45, 7) is 3.50. The minimum atomic E-state index is 0.0514. The van der Waals surface area contributed by atoms with Crippen LogP contribution in [0.5, 0.6) is 0 Å². The largest absolute Gasteiger partial charge is 0.340 e. The van der Waals surface area contributed by atoms with Crippen molar-refractivity contribution >= 4 is 5.91 Å². The average molecular weight is 287 g/mol.